The van der Waals surface area contributed by atoms with Crippen molar-refractivity contribution in [1.29, 1.82) is 0 Å². The molecule has 0 aliphatic carbocycles. The zero-order chi connectivity index (χ0) is 12.7. The molecular formula is C15H25NO. The van der Waals surface area contributed by atoms with Crippen LogP contribution in [0.4, 0.5) is 0 Å². The van der Waals surface area contributed by atoms with Crippen LogP contribution >= 0.6 is 0 Å². The Bertz CT molecular complexity index is 322. The first-order chi connectivity index (χ1) is 8.13. The monoisotopic (exact) mass is 235 g/mol. The van der Waals surface area contributed by atoms with E-state index in [-0.39, 0.29) is 0 Å². The lowest BCUT2D eigenvalue weighted by molar-refractivity contribution is 0.413. The van der Waals surface area contributed by atoms with E-state index in [0.717, 1.165) is 18.2 Å². The Morgan fingerprint density at radius 1 is 1.24 bits per heavy atom. The fraction of sp³-hybridized carbons (Fsp3) is 0.600. The van der Waals surface area contributed by atoms with Gasteiger partial charge in [0.15, 0.2) is 0 Å². The second-order valence-electron chi connectivity index (χ2n) is 4.99. The number of hydrogen-bond acceptors (Lipinski definition) is 2. The van der Waals surface area contributed by atoms with Crippen LogP contribution in [0.25, 0.3) is 0 Å². The Hall–Kier alpha value is -1.02. The number of hydrogen-bond donors (Lipinski definition) is 1. The highest BCUT2D eigenvalue weighted by molar-refractivity contribution is 5.30. The van der Waals surface area contributed by atoms with Crippen molar-refractivity contribution in [2.24, 2.45) is 5.92 Å². The third kappa shape index (κ3) is 5.22. The molecule has 0 fully saturated rings. The standard InChI is InChI=1S/C15H25NO/c1-12(2)7-6-10-16-13(3)14-8-5-9-15(11-14)17-4/h5,8-9,11-13,16H,6-7,10H2,1-4H3. The van der Waals surface area contributed by atoms with Gasteiger partial charge in [0.2, 0.25) is 0 Å². The highest BCUT2D eigenvalue weighted by Gasteiger charge is 2.05. The van der Waals surface area contributed by atoms with E-state index < -0.39 is 0 Å². The van der Waals surface area contributed by atoms with Crippen molar-refractivity contribution in [2.75, 3.05) is 13.7 Å². The first-order valence-electron chi connectivity index (χ1n) is 6.50. The molecule has 0 radical (unpaired) electrons. The number of methoxy groups -OCH3 is 1. The highest BCUT2D eigenvalue weighted by Crippen LogP contribution is 2.18. The van der Waals surface area contributed by atoms with Crippen molar-refractivity contribution in [3.8, 4) is 5.75 Å². The summed E-state index contributed by atoms with van der Waals surface area (Å²) >= 11 is 0. The Kier molecular flexibility index (Phi) is 6.06. The SMILES string of the molecule is COc1cccc(C(C)NCCCC(C)C)c1. The first-order valence-corrected chi connectivity index (χ1v) is 6.50. The fourth-order valence-corrected chi connectivity index (χ4v) is 1.86. The van der Waals surface area contributed by atoms with Gasteiger partial charge in [-0.1, -0.05) is 26.0 Å². The van der Waals surface area contributed by atoms with Gasteiger partial charge in [-0.25, -0.2) is 0 Å². The van der Waals surface area contributed by atoms with E-state index in [9.17, 15) is 0 Å². The topological polar surface area (TPSA) is 21.3 Å². The lowest BCUT2D eigenvalue weighted by Gasteiger charge is -2.15. The minimum Gasteiger partial charge on any atom is -0.497 e. The minimum absolute atomic E-state index is 0.386. The van der Waals surface area contributed by atoms with Gasteiger partial charge >= 0.3 is 0 Å². The van der Waals surface area contributed by atoms with Crippen molar-refractivity contribution in [1.82, 2.24) is 5.32 Å². The molecule has 0 spiro atoms. The predicted octanol–water partition coefficient (Wildman–Crippen LogP) is 3.78. The lowest BCUT2D eigenvalue weighted by Crippen LogP contribution is -2.20. The predicted molar refractivity (Wildman–Crippen MR) is 73.5 cm³/mol. The van der Waals surface area contributed by atoms with Crippen molar-refractivity contribution in [3.63, 3.8) is 0 Å². The molecule has 1 unspecified atom stereocenters. The van der Waals surface area contributed by atoms with Gasteiger partial charge in [0, 0.05) is 6.04 Å². The fourth-order valence-electron chi connectivity index (χ4n) is 1.86. The van der Waals surface area contributed by atoms with Crippen LogP contribution in [-0.4, -0.2) is 13.7 Å². The quantitative estimate of drug-likeness (QED) is 0.726. The van der Waals surface area contributed by atoms with E-state index in [0.29, 0.717) is 6.04 Å². The van der Waals surface area contributed by atoms with Crippen LogP contribution in [0.5, 0.6) is 5.75 Å². The second-order valence-corrected chi connectivity index (χ2v) is 4.99. The summed E-state index contributed by atoms with van der Waals surface area (Å²) in [7, 11) is 1.71. The Morgan fingerprint density at radius 3 is 2.65 bits per heavy atom. The van der Waals surface area contributed by atoms with E-state index in [2.05, 4.69) is 38.2 Å². The maximum atomic E-state index is 5.23. The van der Waals surface area contributed by atoms with Gasteiger partial charge in [-0.3, -0.25) is 0 Å². The van der Waals surface area contributed by atoms with Gasteiger partial charge in [0.25, 0.3) is 0 Å². The molecule has 2 heteroatoms. The number of nitrogens with one attached hydrogen (secondary N) is 1. The van der Waals surface area contributed by atoms with Gasteiger partial charge in [-0.05, 0) is 49.9 Å². The molecule has 0 aliphatic heterocycles. The van der Waals surface area contributed by atoms with Crippen LogP contribution in [0.1, 0.15) is 45.2 Å². The van der Waals surface area contributed by atoms with Gasteiger partial charge < -0.3 is 10.1 Å². The Morgan fingerprint density at radius 2 is 2.00 bits per heavy atom. The van der Waals surface area contributed by atoms with Crippen LogP contribution in [0.2, 0.25) is 0 Å². The molecule has 1 N–H and O–H groups in total. The third-order valence-electron chi connectivity index (χ3n) is 3.00. The zero-order valence-corrected chi connectivity index (χ0v) is 11.5. The molecule has 1 rings (SSSR count). The van der Waals surface area contributed by atoms with Crippen molar-refractivity contribution >= 4 is 0 Å². The van der Waals surface area contributed by atoms with Gasteiger partial charge in [0.05, 0.1) is 7.11 Å². The molecular weight excluding hydrogens is 210 g/mol. The molecule has 2 nitrogen and oxygen atoms in total. The molecule has 0 aliphatic rings. The number of rotatable bonds is 7. The number of benzene rings is 1. The van der Waals surface area contributed by atoms with E-state index in [1.54, 1.807) is 7.11 Å². The average molecular weight is 235 g/mol. The minimum atomic E-state index is 0.386. The molecule has 17 heavy (non-hydrogen) atoms. The molecule has 0 amide bonds. The van der Waals surface area contributed by atoms with Crippen LogP contribution in [0.15, 0.2) is 24.3 Å². The first kappa shape index (κ1) is 14.0. The molecule has 96 valence electrons. The summed E-state index contributed by atoms with van der Waals surface area (Å²) in [6.45, 7) is 7.82. The maximum Gasteiger partial charge on any atom is 0.119 e. The maximum absolute atomic E-state index is 5.23. The van der Waals surface area contributed by atoms with Crippen molar-refractivity contribution < 1.29 is 4.74 Å². The van der Waals surface area contributed by atoms with Crippen LogP contribution in [0, 0.1) is 5.92 Å². The molecule has 0 aromatic heterocycles. The van der Waals surface area contributed by atoms with Gasteiger partial charge in [-0.15, -0.1) is 0 Å². The van der Waals surface area contributed by atoms with E-state index >= 15 is 0 Å². The molecule has 0 saturated heterocycles. The summed E-state index contributed by atoms with van der Waals surface area (Å²) in [4.78, 5) is 0. The highest BCUT2D eigenvalue weighted by atomic mass is 16.5. The summed E-state index contributed by atoms with van der Waals surface area (Å²) in [6, 6.07) is 8.65. The molecule has 1 aromatic carbocycles. The van der Waals surface area contributed by atoms with Crippen LogP contribution in [0.3, 0.4) is 0 Å². The van der Waals surface area contributed by atoms with Crippen LogP contribution in [-0.2, 0) is 0 Å². The van der Waals surface area contributed by atoms with E-state index in [4.69, 9.17) is 4.74 Å². The summed E-state index contributed by atoms with van der Waals surface area (Å²) in [5.41, 5.74) is 1.29. The second kappa shape index (κ2) is 7.33. The largest absolute Gasteiger partial charge is 0.497 e. The zero-order valence-electron chi connectivity index (χ0n) is 11.5. The molecule has 0 heterocycles. The van der Waals surface area contributed by atoms with Crippen molar-refractivity contribution in [2.45, 2.75) is 39.7 Å². The molecule has 0 saturated carbocycles. The summed E-state index contributed by atoms with van der Waals surface area (Å²) < 4.78 is 5.23. The summed E-state index contributed by atoms with van der Waals surface area (Å²) in [5, 5.41) is 3.55. The average Bonchev–Trinajstić information content (AvgIpc) is 2.34. The van der Waals surface area contributed by atoms with Crippen molar-refractivity contribution in [3.05, 3.63) is 29.8 Å². The smallest absolute Gasteiger partial charge is 0.119 e. The van der Waals surface area contributed by atoms with E-state index in [1.807, 2.05) is 12.1 Å². The van der Waals surface area contributed by atoms with E-state index in [1.165, 1.54) is 18.4 Å². The normalized spacial score (nSPS) is 12.8. The molecule has 0 bridgehead atoms. The Balaban J connectivity index is 2.38. The summed E-state index contributed by atoms with van der Waals surface area (Å²) in [6.07, 6.45) is 2.53. The molecule has 1 atom stereocenters. The number of ether oxygens (including phenoxy) is 1. The Labute approximate surface area is 105 Å². The molecule has 1 aromatic rings. The summed E-state index contributed by atoms with van der Waals surface area (Å²) in [5.74, 6) is 1.72. The lowest BCUT2D eigenvalue weighted by atomic mass is 10.1. The van der Waals surface area contributed by atoms with Gasteiger partial charge in [-0.2, -0.15) is 0 Å². The third-order valence-corrected chi connectivity index (χ3v) is 3.00. The van der Waals surface area contributed by atoms with Gasteiger partial charge in [0.1, 0.15) is 5.75 Å². The van der Waals surface area contributed by atoms with Crippen LogP contribution < -0.4 is 10.1 Å².